The topological polar surface area (TPSA) is 83.7 Å². The van der Waals surface area contributed by atoms with Gasteiger partial charge >= 0.3 is 0 Å². The normalized spacial score (nSPS) is 14.8. The molecule has 8 heteroatoms. The van der Waals surface area contributed by atoms with Crippen molar-refractivity contribution in [1.82, 2.24) is 19.4 Å². The average Bonchev–Trinajstić information content (AvgIpc) is 3.05. The molecule has 8 nitrogen and oxygen atoms in total. The molecule has 0 saturated carbocycles. The van der Waals surface area contributed by atoms with Crippen LogP contribution in [0.4, 0.5) is 11.6 Å². The SMILES string of the molecule is CCn1cc(N=O)nc1C(=O)N1CCN(c2ccccn2)CC1. The largest absolute Gasteiger partial charge is 0.353 e. The maximum Gasteiger partial charge on any atom is 0.290 e. The summed E-state index contributed by atoms with van der Waals surface area (Å²) < 4.78 is 1.66. The highest BCUT2D eigenvalue weighted by Crippen LogP contribution is 2.16. The van der Waals surface area contributed by atoms with Crippen molar-refractivity contribution in [3.63, 3.8) is 0 Å². The number of pyridine rings is 1. The number of rotatable bonds is 4. The van der Waals surface area contributed by atoms with E-state index in [0.29, 0.717) is 32.7 Å². The fraction of sp³-hybridized carbons (Fsp3) is 0.400. The lowest BCUT2D eigenvalue weighted by Crippen LogP contribution is -2.49. The van der Waals surface area contributed by atoms with Crippen LogP contribution in [-0.2, 0) is 6.54 Å². The zero-order chi connectivity index (χ0) is 16.2. The van der Waals surface area contributed by atoms with Crippen LogP contribution in [0.1, 0.15) is 17.5 Å². The second kappa shape index (κ2) is 6.55. The van der Waals surface area contributed by atoms with Gasteiger partial charge in [-0.3, -0.25) is 4.79 Å². The van der Waals surface area contributed by atoms with Gasteiger partial charge < -0.3 is 14.4 Å². The lowest BCUT2D eigenvalue weighted by Gasteiger charge is -2.35. The Morgan fingerprint density at radius 1 is 1.26 bits per heavy atom. The first kappa shape index (κ1) is 15.1. The summed E-state index contributed by atoms with van der Waals surface area (Å²) in [4.78, 5) is 35.5. The highest BCUT2D eigenvalue weighted by atomic mass is 16.3. The molecule has 3 rings (SSSR count). The van der Waals surface area contributed by atoms with Crippen molar-refractivity contribution in [2.45, 2.75) is 13.5 Å². The van der Waals surface area contributed by atoms with Gasteiger partial charge in [0.25, 0.3) is 5.91 Å². The molecule has 0 atom stereocenters. The Bertz CT molecular complexity index is 691. The van der Waals surface area contributed by atoms with Gasteiger partial charge in [-0.1, -0.05) is 6.07 Å². The molecule has 1 aliphatic rings. The smallest absolute Gasteiger partial charge is 0.290 e. The summed E-state index contributed by atoms with van der Waals surface area (Å²) in [5, 5.41) is 2.81. The third kappa shape index (κ3) is 3.05. The van der Waals surface area contributed by atoms with E-state index in [1.54, 1.807) is 15.7 Å². The van der Waals surface area contributed by atoms with Crippen LogP contribution in [-0.4, -0.2) is 51.5 Å². The molecular weight excluding hydrogens is 296 g/mol. The molecule has 2 aromatic rings. The first-order valence-electron chi connectivity index (χ1n) is 7.58. The van der Waals surface area contributed by atoms with E-state index in [1.807, 2.05) is 25.1 Å². The van der Waals surface area contributed by atoms with Gasteiger partial charge in [-0.05, 0) is 24.2 Å². The molecule has 1 saturated heterocycles. The molecule has 0 unspecified atom stereocenters. The minimum absolute atomic E-state index is 0.0438. The molecule has 0 radical (unpaired) electrons. The van der Waals surface area contributed by atoms with Gasteiger partial charge in [0.05, 0.1) is 6.20 Å². The van der Waals surface area contributed by atoms with E-state index in [2.05, 4.69) is 20.0 Å². The van der Waals surface area contributed by atoms with Crippen LogP contribution >= 0.6 is 0 Å². The number of aromatic nitrogens is 3. The third-order valence-electron chi connectivity index (χ3n) is 3.93. The van der Waals surface area contributed by atoms with Crippen molar-refractivity contribution >= 4 is 17.5 Å². The molecule has 0 aliphatic carbocycles. The predicted molar refractivity (Wildman–Crippen MR) is 85.7 cm³/mol. The second-order valence-electron chi connectivity index (χ2n) is 5.27. The highest BCUT2D eigenvalue weighted by Gasteiger charge is 2.26. The number of nitroso groups, excluding NO2 is 1. The number of hydrogen-bond acceptors (Lipinski definition) is 6. The van der Waals surface area contributed by atoms with Gasteiger partial charge in [0.1, 0.15) is 5.82 Å². The number of hydrogen-bond donors (Lipinski definition) is 0. The van der Waals surface area contributed by atoms with Gasteiger partial charge in [-0.15, -0.1) is 4.91 Å². The zero-order valence-electron chi connectivity index (χ0n) is 12.9. The van der Waals surface area contributed by atoms with Crippen molar-refractivity contribution in [1.29, 1.82) is 0 Å². The molecule has 1 aliphatic heterocycles. The highest BCUT2D eigenvalue weighted by molar-refractivity contribution is 5.91. The molecule has 23 heavy (non-hydrogen) atoms. The summed E-state index contributed by atoms with van der Waals surface area (Å²) in [6.07, 6.45) is 3.27. The fourth-order valence-electron chi connectivity index (χ4n) is 2.68. The van der Waals surface area contributed by atoms with Crippen molar-refractivity contribution in [2.75, 3.05) is 31.1 Å². The number of carbonyl (C=O) groups is 1. The van der Waals surface area contributed by atoms with Crippen LogP contribution in [0.2, 0.25) is 0 Å². The van der Waals surface area contributed by atoms with Gasteiger partial charge in [0.2, 0.25) is 11.6 Å². The van der Waals surface area contributed by atoms with Crippen LogP contribution in [0.3, 0.4) is 0 Å². The average molecular weight is 314 g/mol. The van der Waals surface area contributed by atoms with Crippen molar-refractivity contribution in [3.05, 3.63) is 41.3 Å². The summed E-state index contributed by atoms with van der Waals surface area (Å²) >= 11 is 0. The Balaban J connectivity index is 1.69. The first-order valence-corrected chi connectivity index (χ1v) is 7.58. The summed E-state index contributed by atoms with van der Waals surface area (Å²) in [6.45, 7) is 5.08. The molecule has 2 aromatic heterocycles. The fourth-order valence-corrected chi connectivity index (χ4v) is 2.68. The van der Waals surface area contributed by atoms with Crippen molar-refractivity contribution in [3.8, 4) is 0 Å². The Morgan fingerprint density at radius 2 is 2.04 bits per heavy atom. The maximum absolute atomic E-state index is 12.6. The van der Waals surface area contributed by atoms with E-state index in [0.717, 1.165) is 5.82 Å². The third-order valence-corrected chi connectivity index (χ3v) is 3.93. The lowest BCUT2D eigenvalue weighted by molar-refractivity contribution is 0.0729. The quantitative estimate of drug-likeness (QED) is 0.801. The Kier molecular flexibility index (Phi) is 4.31. The minimum Gasteiger partial charge on any atom is -0.353 e. The standard InChI is InChI=1S/C15H18N6O2/c1-2-19-11-12(18-23)17-14(19)15(22)21-9-7-20(8-10-21)13-5-3-4-6-16-13/h3-6,11H,2,7-10H2,1H3. The molecule has 3 heterocycles. The van der Waals surface area contributed by atoms with E-state index in [-0.39, 0.29) is 17.5 Å². The number of amides is 1. The summed E-state index contributed by atoms with van der Waals surface area (Å²) in [6, 6.07) is 5.79. The lowest BCUT2D eigenvalue weighted by atomic mass is 10.3. The monoisotopic (exact) mass is 314 g/mol. The summed E-state index contributed by atoms with van der Waals surface area (Å²) in [7, 11) is 0. The van der Waals surface area contributed by atoms with Crippen LogP contribution in [0.5, 0.6) is 0 Å². The molecule has 0 aromatic carbocycles. The minimum atomic E-state index is -0.164. The van der Waals surface area contributed by atoms with E-state index < -0.39 is 0 Å². The van der Waals surface area contributed by atoms with Gasteiger partial charge in [0, 0.05) is 38.9 Å². The molecular formula is C15H18N6O2. The number of imidazole rings is 1. The first-order chi connectivity index (χ1) is 11.2. The second-order valence-corrected chi connectivity index (χ2v) is 5.27. The van der Waals surface area contributed by atoms with E-state index >= 15 is 0 Å². The van der Waals surface area contributed by atoms with Crippen LogP contribution < -0.4 is 4.90 Å². The number of piperazine rings is 1. The number of carbonyl (C=O) groups excluding carboxylic acids is 1. The van der Waals surface area contributed by atoms with Crippen molar-refractivity contribution in [2.24, 2.45) is 5.18 Å². The van der Waals surface area contributed by atoms with E-state index in [4.69, 9.17) is 0 Å². The van der Waals surface area contributed by atoms with E-state index in [9.17, 15) is 9.70 Å². The van der Waals surface area contributed by atoms with Crippen molar-refractivity contribution < 1.29 is 4.79 Å². The van der Waals surface area contributed by atoms with Gasteiger partial charge in [0.15, 0.2) is 0 Å². The number of anilines is 1. The maximum atomic E-state index is 12.6. The Hall–Kier alpha value is -2.77. The molecule has 0 N–H and O–H groups in total. The van der Waals surface area contributed by atoms with Gasteiger partial charge in [-0.2, -0.15) is 0 Å². The molecule has 1 amide bonds. The number of aryl methyl sites for hydroxylation is 1. The van der Waals surface area contributed by atoms with E-state index in [1.165, 1.54) is 6.20 Å². The molecule has 1 fully saturated rings. The summed E-state index contributed by atoms with van der Waals surface area (Å²) in [5.41, 5.74) is 0. The van der Waals surface area contributed by atoms with Crippen LogP contribution in [0.25, 0.3) is 0 Å². The molecule has 0 spiro atoms. The molecule has 0 bridgehead atoms. The Labute approximate surface area is 133 Å². The Morgan fingerprint density at radius 3 is 2.65 bits per heavy atom. The molecule has 120 valence electrons. The zero-order valence-corrected chi connectivity index (χ0v) is 12.9. The van der Waals surface area contributed by atoms with Gasteiger partial charge in [-0.25, -0.2) is 9.97 Å². The predicted octanol–water partition coefficient (Wildman–Crippen LogP) is 1.66. The number of nitrogens with zero attached hydrogens (tertiary/aromatic N) is 6. The summed E-state index contributed by atoms with van der Waals surface area (Å²) in [5.74, 6) is 1.07. The van der Waals surface area contributed by atoms with Crippen LogP contribution in [0, 0.1) is 4.91 Å². The van der Waals surface area contributed by atoms with Crippen LogP contribution in [0.15, 0.2) is 35.8 Å².